The predicted octanol–water partition coefficient (Wildman–Crippen LogP) is 2.62. The van der Waals surface area contributed by atoms with Gasteiger partial charge in [-0.1, -0.05) is 12.1 Å². The maximum atomic E-state index is 14.6. The third-order valence-corrected chi connectivity index (χ3v) is 5.15. The summed E-state index contributed by atoms with van der Waals surface area (Å²) in [6.07, 6.45) is 1.24. The lowest BCUT2D eigenvalue weighted by atomic mass is 9.99. The molecule has 0 atom stereocenters. The molecule has 3 amide bonds. The van der Waals surface area contributed by atoms with Crippen molar-refractivity contribution in [2.75, 3.05) is 18.0 Å². The normalized spacial score (nSPS) is 15.4. The van der Waals surface area contributed by atoms with Crippen molar-refractivity contribution in [1.82, 2.24) is 4.90 Å². The van der Waals surface area contributed by atoms with E-state index >= 15 is 0 Å². The van der Waals surface area contributed by atoms with E-state index in [1.807, 2.05) is 6.07 Å². The van der Waals surface area contributed by atoms with Crippen molar-refractivity contribution in [2.45, 2.75) is 19.8 Å². The minimum absolute atomic E-state index is 0.113. The van der Waals surface area contributed by atoms with Crippen molar-refractivity contribution in [2.24, 2.45) is 0 Å². The number of hydrogen-bond donors (Lipinski definition) is 0. The number of aryl methyl sites for hydroxylation is 2. The monoisotopic (exact) mass is 397 g/mol. The lowest BCUT2D eigenvalue weighted by Crippen LogP contribution is -2.45. The maximum absolute atomic E-state index is 14.6. The van der Waals surface area contributed by atoms with Crippen molar-refractivity contribution in [1.29, 1.82) is 0 Å². The van der Waals surface area contributed by atoms with Gasteiger partial charge in [-0.2, -0.15) is 0 Å². The number of amides is 3. The first-order valence-electron chi connectivity index (χ1n) is 9.02. The molecule has 8 nitrogen and oxygen atoms in total. The average molecular weight is 397 g/mol. The number of anilines is 1. The number of nitrogens with zero attached hydrogens (tertiary/aromatic N) is 3. The highest BCUT2D eigenvalue weighted by atomic mass is 19.1. The number of halogens is 1. The van der Waals surface area contributed by atoms with Crippen molar-refractivity contribution < 1.29 is 23.7 Å². The minimum atomic E-state index is -0.896. The molecule has 0 N–H and O–H groups in total. The molecule has 0 saturated heterocycles. The fourth-order valence-electron chi connectivity index (χ4n) is 3.92. The van der Waals surface area contributed by atoms with Crippen LogP contribution in [0.4, 0.5) is 15.8 Å². The SMILES string of the molecule is Cc1cc(F)c2c(c1)CCCN2C(=O)CN1C(=O)c2cccc([N+](=O)[O-])c2C1=O. The zero-order chi connectivity index (χ0) is 20.9. The topological polar surface area (TPSA) is 101 Å². The molecule has 4 rings (SSSR count). The summed E-state index contributed by atoms with van der Waals surface area (Å²) >= 11 is 0. The van der Waals surface area contributed by atoms with Crippen LogP contribution in [0.1, 0.15) is 38.3 Å². The van der Waals surface area contributed by atoms with E-state index in [9.17, 15) is 28.9 Å². The van der Waals surface area contributed by atoms with Gasteiger partial charge in [0, 0.05) is 12.6 Å². The molecule has 9 heteroatoms. The van der Waals surface area contributed by atoms with Gasteiger partial charge in [0.2, 0.25) is 5.91 Å². The summed E-state index contributed by atoms with van der Waals surface area (Å²) in [5.74, 6) is -2.83. The largest absolute Gasteiger partial charge is 0.308 e. The molecule has 0 spiro atoms. The van der Waals surface area contributed by atoms with Crippen LogP contribution in [-0.2, 0) is 11.2 Å². The van der Waals surface area contributed by atoms with Gasteiger partial charge in [0.15, 0.2) is 0 Å². The molecule has 2 heterocycles. The molecule has 2 aliphatic heterocycles. The Balaban J connectivity index is 1.64. The molecule has 0 bridgehead atoms. The minimum Gasteiger partial charge on any atom is -0.308 e. The Morgan fingerprint density at radius 3 is 2.72 bits per heavy atom. The summed E-state index contributed by atoms with van der Waals surface area (Å²) in [7, 11) is 0. The number of carbonyl (C=O) groups is 3. The Kier molecular flexibility index (Phi) is 4.37. The molecule has 0 fully saturated rings. The van der Waals surface area contributed by atoms with Crippen LogP contribution in [0, 0.1) is 22.9 Å². The molecule has 2 aromatic rings. The maximum Gasteiger partial charge on any atom is 0.282 e. The number of hydrogen-bond acceptors (Lipinski definition) is 5. The smallest absolute Gasteiger partial charge is 0.282 e. The first kappa shape index (κ1) is 18.7. The second-order valence-corrected chi connectivity index (χ2v) is 7.06. The summed E-state index contributed by atoms with van der Waals surface area (Å²) in [6.45, 7) is 1.40. The fraction of sp³-hybridized carbons (Fsp3) is 0.250. The Labute approximate surface area is 164 Å². The van der Waals surface area contributed by atoms with E-state index in [1.54, 1.807) is 6.92 Å². The van der Waals surface area contributed by atoms with Gasteiger partial charge in [-0.3, -0.25) is 29.4 Å². The fourth-order valence-corrected chi connectivity index (χ4v) is 3.92. The number of rotatable bonds is 3. The van der Waals surface area contributed by atoms with Crippen molar-refractivity contribution in [3.63, 3.8) is 0 Å². The molecule has 29 heavy (non-hydrogen) atoms. The molecule has 0 unspecified atom stereocenters. The van der Waals surface area contributed by atoms with Gasteiger partial charge >= 0.3 is 0 Å². The van der Waals surface area contributed by atoms with Crippen LogP contribution >= 0.6 is 0 Å². The lowest BCUT2D eigenvalue weighted by molar-refractivity contribution is -0.385. The van der Waals surface area contributed by atoms with E-state index in [-0.39, 0.29) is 23.4 Å². The van der Waals surface area contributed by atoms with Crippen LogP contribution in [-0.4, -0.2) is 40.6 Å². The summed E-state index contributed by atoms with van der Waals surface area (Å²) in [5.41, 5.74) is 0.674. The summed E-state index contributed by atoms with van der Waals surface area (Å²) in [6, 6.07) is 6.89. The van der Waals surface area contributed by atoms with Crippen LogP contribution in [0.2, 0.25) is 0 Å². The van der Waals surface area contributed by atoms with Crippen LogP contribution in [0.5, 0.6) is 0 Å². The van der Waals surface area contributed by atoms with Gasteiger partial charge in [0.1, 0.15) is 17.9 Å². The number of imide groups is 1. The molecule has 148 valence electrons. The second kappa shape index (κ2) is 6.77. The molecule has 0 radical (unpaired) electrons. The van der Waals surface area contributed by atoms with E-state index in [0.717, 1.165) is 11.6 Å². The highest BCUT2D eigenvalue weighted by Gasteiger charge is 2.42. The molecule has 2 aliphatic rings. The third-order valence-electron chi connectivity index (χ3n) is 5.15. The van der Waals surface area contributed by atoms with Crippen molar-refractivity contribution in [3.05, 3.63) is 68.5 Å². The molecule has 0 aromatic heterocycles. The quantitative estimate of drug-likeness (QED) is 0.450. The van der Waals surface area contributed by atoms with Gasteiger partial charge in [0.05, 0.1) is 16.2 Å². The third kappa shape index (κ3) is 2.95. The van der Waals surface area contributed by atoms with Gasteiger partial charge < -0.3 is 4.90 Å². The molecule has 0 saturated carbocycles. The molecule has 2 aromatic carbocycles. The van der Waals surface area contributed by atoms with Crippen LogP contribution in [0.3, 0.4) is 0 Å². The van der Waals surface area contributed by atoms with Gasteiger partial charge in [-0.05, 0) is 43.0 Å². The Hall–Kier alpha value is -3.62. The van der Waals surface area contributed by atoms with E-state index < -0.39 is 40.7 Å². The zero-order valence-corrected chi connectivity index (χ0v) is 15.5. The van der Waals surface area contributed by atoms with Crippen LogP contribution < -0.4 is 4.90 Å². The highest BCUT2D eigenvalue weighted by Crippen LogP contribution is 2.33. The van der Waals surface area contributed by atoms with E-state index in [4.69, 9.17) is 0 Å². The zero-order valence-electron chi connectivity index (χ0n) is 15.5. The van der Waals surface area contributed by atoms with Gasteiger partial charge in [-0.25, -0.2) is 4.39 Å². The van der Waals surface area contributed by atoms with Crippen molar-refractivity contribution >= 4 is 29.1 Å². The van der Waals surface area contributed by atoms with E-state index in [0.29, 0.717) is 23.3 Å². The van der Waals surface area contributed by atoms with Gasteiger partial charge in [0.25, 0.3) is 17.5 Å². The Morgan fingerprint density at radius 2 is 2.00 bits per heavy atom. The summed E-state index contributed by atoms with van der Waals surface area (Å²) in [4.78, 5) is 50.5. The summed E-state index contributed by atoms with van der Waals surface area (Å²) < 4.78 is 14.6. The first-order valence-corrected chi connectivity index (χ1v) is 9.02. The molecule has 0 aliphatic carbocycles. The predicted molar refractivity (Wildman–Crippen MR) is 100 cm³/mol. The average Bonchev–Trinajstić information content (AvgIpc) is 2.92. The number of benzene rings is 2. The van der Waals surface area contributed by atoms with E-state index in [1.165, 1.54) is 23.1 Å². The standard InChI is InChI=1S/C20H16FN3O5/c1-11-8-12-4-3-7-22(18(12)14(21)9-11)16(25)10-23-19(26)13-5-2-6-15(24(28)29)17(13)20(23)27/h2,5-6,8-9H,3-4,7,10H2,1H3. The summed E-state index contributed by atoms with van der Waals surface area (Å²) in [5, 5.41) is 11.2. The van der Waals surface area contributed by atoms with Crippen LogP contribution in [0.25, 0.3) is 0 Å². The first-order chi connectivity index (χ1) is 13.8. The molecular formula is C20H16FN3O5. The second-order valence-electron chi connectivity index (χ2n) is 7.06. The molecular weight excluding hydrogens is 381 g/mol. The Bertz CT molecular complexity index is 1100. The number of fused-ring (bicyclic) bond motifs is 2. The van der Waals surface area contributed by atoms with Gasteiger partial charge in [-0.15, -0.1) is 0 Å². The highest BCUT2D eigenvalue weighted by molar-refractivity contribution is 6.24. The number of carbonyl (C=O) groups excluding carboxylic acids is 3. The lowest BCUT2D eigenvalue weighted by Gasteiger charge is -2.31. The van der Waals surface area contributed by atoms with E-state index in [2.05, 4.69) is 0 Å². The van der Waals surface area contributed by atoms with Crippen molar-refractivity contribution in [3.8, 4) is 0 Å². The number of nitro groups is 1. The number of nitro benzene ring substituents is 1. The Morgan fingerprint density at radius 1 is 1.24 bits per heavy atom. The van der Waals surface area contributed by atoms with Crippen LogP contribution in [0.15, 0.2) is 30.3 Å².